The van der Waals surface area contributed by atoms with Crippen LogP contribution in [0.25, 0.3) is 0 Å². The van der Waals surface area contributed by atoms with Crippen molar-refractivity contribution in [2.24, 2.45) is 11.8 Å². The topological polar surface area (TPSA) is 29.5 Å². The molecule has 0 aliphatic carbocycles. The molecule has 0 bridgehead atoms. The third-order valence-electron chi connectivity index (χ3n) is 6.41. The largest absolute Gasteiger partial charge is 0.407 e. The number of aliphatic hydroxyl groups excluding tert-OH is 1. The molecule has 3 aromatic carbocycles. The molecular formula is C29H36O2Si. The smallest absolute Gasteiger partial charge is 0.261 e. The Kier molecular flexibility index (Phi) is 7.89. The monoisotopic (exact) mass is 444 g/mol. The van der Waals surface area contributed by atoms with Crippen molar-refractivity contribution in [2.45, 2.75) is 38.8 Å². The van der Waals surface area contributed by atoms with E-state index in [4.69, 9.17) is 4.43 Å². The van der Waals surface area contributed by atoms with Gasteiger partial charge in [-0.3, -0.25) is 0 Å². The van der Waals surface area contributed by atoms with Gasteiger partial charge in [-0.1, -0.05) is 125 Å². The number of hydrogen-bond acceptors (Lipinski definition) is 2. The van der Waals surface area contributed by atoms with Gasteiger partial charge in [0.2, 0.25) is 0 Å². The van der Waals surface area contributed by atoms with Crippen molar-refractivity contribution in [2.75, 3.05) is 6.61 Å². The summed E-state index contributed by atoms with van der Waals surface area (Å²) in [4.78, 5) is 0. The zero-order chi connectivity index (χ0) is 23.2. The minimum atomic E-state index is -2.60. The molecule has 0 saturated carbocycles. The molecule has 0 spiro atoms. The van der Waals surface area contributed by atoms with E-state index in [1.165, 1.54) is 10.4 Å². The zero-order valence-corrected chi connectivity index (χ0v) is 20.7. The maximum absolute atomic E-state index is 11.1. The van der Waals surface area contributed by atoms with E-state index in [1.807, 2.05) is 36.4 Å². The molecular weight excluding hydrogens is 408 g/mol. The Morgan fingerprint density at radius 1 is 0.844 bits per heavy atom. The Morgan fingerprint density at radius 3 is 1.69 bits per heavy atom. The van der Waals surface area contributed by atoms with Crippen molar-refractivity contribution in [3.63, 3.8) is 0 Å². The third kappa shape index (κ3) is 4.96. The summed E-state index contributed by atoms with van der Waals surface area (Å²) in [7, 11) is -2.60. The standard InChI is InChI=1S/C29H36O2Si/c1-6-27(28(30)24-16-10-7-11-17-24)23(2)22-31-32(29(3,4)5,25-18-12-8-13-19-25)26-20-14-9-15-21-26/h6-21,23,27-28,30H,1,22H2,2-5H3/t23-,27+,28+/m1/s1. The summed E-state index contributed by atoms with van der Waals surface area (Å²) in [6, 6.07) is 31.2. The Labute approximate surface area is 194 Å². The van der Waals surface area contributed by atoms with Crippen LogP contribution in [0.15, 0.2) is 104 Å². The van der Waals surface area contributed by atoms with Crippen molar-refractivity contribution in [3.8, 4) is 0 Å². The van der Waals surface area contributed by atoms with Crippen molar-refractivity contribution in [1.82, 2.24) is 0 Å². The summed E-state index contributed by atoms with van der Waals surface area (Å²) in [5, 5.41) is 13.5. The molecule has 168 valence electrons. The molecule has 0 fully saturated rings. The molecule has 0 radical (unpaired) electrons. The summed E-state index contributed by atoms with van der Waals surface area (Å²) in [5.74, 6) is -0.0000271. The van der Waals surface area contributed by atoms with Crippen LogP contribution in [0.1, 0.15) is 39.4 Å². The molecule has 0 aromatic heterocycles. The number of aliphatic hydroxyl groups is 1. The zero-order valence-electron chi connectivity index (χ0n) is 19.7. The van der Waals surface area contributed by atoms with Gasteiger partial charge in [0.25, 0.3) is 8.32 Å². The fourth-order valence-electron chi connectivity index (χ4n) is 4.67. The number of rotatable bonds is 9. The molecule has 0 aliphatic heterocycles. The lowest BCUT2D eigenvalue weighted by Gasteiger charge is -2.44. The summed E-state index contributed by atoms with van der Waals surface area (Å²) in [5.41, 5.74) is 0.912. The van der Waals surface area contributed by atoms with Gasteiger partial charge in [-0.05, 0) is 26.9 Å². The van der Waals surface area contributed by atoms with Crippen LogP contribution in [0.2, 0.25) is 5.04 Å². The van der Waals surface area contributed by atoms with E-state index in [-0.39, 0.29) is 16.9 Å². The first-order valence-electron chi connectivity index (χ1n) is 11.4. The van der Waals surface area contributed by atoms with E-state index < -0.39 is 14.4 Å². The van der Waals surface area contributed by atoms with Crippen LogP contribution < -0.4 is 10.4 Å². The van der Waals surface area contributed by atoms with E-state index in [0.717, 1.165) is 5.56 Å². The second-order valence-electron chi connectivity index (χ2n) is 9.62. The highest BCUT2D eigenvalue weighted by Crippen LogP contribution is 2.38. The van der Waals surface area contributed by atoms with Gasteiger partial charge in [-0.2, -0.15) is 0 Å². The molecule has 1 N–H and O–H groups in total. The van der Waals surface area contributed by atoms with Gasteiger partial charge in [0.1, 0.15) is 0 Å². The first-order chi connectivity index (χ1) is 15.3. The van der Waals surface area contributed by atoms with Crippen LogP contribution in [0, 0.1) is 11.8 Å². The van der Waals surface area contributed by atoms with Gasteiger partial charge >= 0.3 is 0 Å². The molecule has 3 aromatic rings. The van der Waals surface area contributed by atoms with Gasteiger partial charge in [0.15, 0.2) is 0 Å². The molecule has 0 saturated heterocycles. The minimum Gasteiger partial charge on any atom is -0.407 e. The molecule has 3 heteroatoms. The minimum absolute atomic E-state index is 0.0723. The SMILES string of the molecule is C=C[C@@H]([C@H](C)CO[Si](c1ccccc1)(c1ccccc1)C(C)(C)C)[C@@H](O)c1ccccc1. The quantitative estimate of drug-likeness (QED) is 0.337. The van der Waals surface area contributed by atoms with Crippen molar-refractivity contribution in [1.29, 1.82) is 0 Å². The Balaban J connectivity index is 1.96. The average Bonchev–Trinajstić information content (AvgIpc) is 2.81. The Morgan fingerprint density at radius 2 is 1.28 bits per heavy atom. The van der Waals surface area contributed by atoms with Gasteiger partial charge < -0.3 is 9.53 Å². The van der Waals surface area contributed by atoms with Gasteiger partial charge in [-0.15, -0.1) is 6.58 Å². The van der Waals surface area contributed by atoms with Crippen LogP contribution in [-0.2, 0) is 4.43 Å². The van der Waals surface area contributed by atoms with Crippen LogP contribution in [0.5, 0.6) is 0 Å². The lowest BCUT2D eigenvalue weighted by atomic mass is 9.86. The predicted octanol–water partition coefficient (Wildman–Crippen LogP) is 5.73. The first kappa shape index (κ1) is 24.2. The van der Waals surface area contributed by atoms with E-state index in [9.17, 15) is 5.11 Å². The normalized spacial score (nSPS) is 15.0. The second kappa shape index (κ2) is 10.4. The summed E-state index contributed by atoms with van der Waals surface area (Å²) in [6.45, 7) is 13.6. The Bertz CT molecular complexity index is 925. The van der Waals surface area contributed by atoms with E-state index in [0.29, 0.717) is 6.61 Å². The van der Waals surface area contributed by atoms with E-state index >= 15 is 0 Å². The van der Waals surface area contributed by atoms with Crippen molar-refractivity contribution < 1.29 is 9.53 Å². The molecule has 3 rings (SSSR count). The van der Waals surface area contributed by atoms with Gasteiger partial charge in [0.05, 0.1) is 6.10 Å². The summed E-state index contributed by atoms with van der Waals surface area (Å²) >= 11 is 0. The fraction of sp³-hybridized carbons (Fsp3) is 0.310. The van der Waals surface area contributed by atoms with Crippen molar-refractivity contribution >= 4 is 18.7 Å². The highest BCUT2D eigenvalue weighted by molar-refractivity contribution is 6.99. The number of hydrogen-bond donors (Lipinski definition) is 1. The average molecular weight is 445 g/mol. The predicted molar refractivity (Wildman–Crippen MR) is 138 cm³/mol. The lowest BCUT2D eigenvalue weighted by Crippen LogP contribution is -2.67. The van der Waals surface area contributed by atoms with Crippen molar-refractivity contribution in [3.05, 3.63) is 109 Å². The van der Waals surface area contributed by atoms with Crippen LogP contribution in [0.4, 0.5) is 0 Å². The maximum atomic E-state index is 11.1. The molecule has 3 atom stereocenters. The van der Waals surface area contributed by atoms with Crippen LogP contribution in [-0.4, -0.2) is 20.0 Å². The first-order valence-corrected chi connectivity index (χ1v) is 13.3. The lowest BCUT2D eigenvalue weighted by molar-refractivity contribution is 0.0827. The molecule has 32 heavy (non-hydrogen) atoms. The molecule has 0 aliphatic rings. The molecule has 0 heterocycles. The van der Waals surface area contributed by atoms with E-state index in [1.54, 1.807) is 0 Å². The molecule has 2 nitrogen and oxygen atoms in total. The van der Waals surface area contributed by atoms with E-state index in [2.05, 4.69) is 94.9 Å². The van der Waals surface area contributed by atoms with Crippen LogP contribution in [0.3, 0.4) is 0 Å². The highest BCUT2D eigenvalue weighted by Gasteiger charge is 2.50. The second-order valence-corrected chi connectivity index (χ2v) is 13.9. The highest BCUT2D eigenvalue weighted by atomic mass is 28.4. The third-order valence-corrected chi connectivity index (χ3v) is 11.4. The van der Waals surface area contributed by atoms with Gasteiger partial charge in [0, 0.05) is 12.5 Å². The van der Waals surface area contributed by atoms with Crippen LogP contribution >= 0.6 is 0 Å². The van der Waals surface area contributed by atoms with Gasteiger partial charge in [-0.25, -0.2) is 0 Å². The molecule has 0 amide bonds. The molecule has 0 unspecified atom stereocenters. The summed E-state index contributed by atoms with van der Waals surface area (Å²) in [6.07, 6.45) is 1.27. The maximum Gasteiger partial charge on any atom is 0.261 e. The fourth-order valence-corrected chi connectivity index (χ4v) is 9.34. The summed E-state index contributed by atoms with van der Waals surface area (Å²) < 4.78 is 7.08. The Hall–Kier alpha value is -2.46. The number of benzene rings is 3.